The van der Waals surface area contributed by atoms with Gasteiger partial charge in [0.05, 0.1) is 5.92 Å². The van der Waals surface area contributed by atoms with E-state index in [1.807, 2.05) is 66.7 Å². The van der Waals surface area contributed by atoms with Crippen molar-refractivity contribution in [2.75, 3.05) is 0 Å². The van der Waals surface area contributed by atoms with E-state index >= 15 is 0 Å². The van der Waals surface area contributed by atoms with Crippen molar-refractivity contribution >= 4 is 21.9 Å². The number of fused-ring (bicyclic) bond motifs is 4. The first-order valence-corrected chi connectivity index (χ1v) is 13.9. The molecule has 1 aliphatic heterocycles. The molecule has 0 saturated carbocycles. The molecule has 0 fully saturated rings. The fourth-order valence-corrected chi connectivity index (χ4v) is 6.04. The maximum atomic E-state index is 6.73. The standard InChI is InChI=1S/C37H25N3O/c1-3-13-25(14-4-1)35-38-36(26-15-5-2-6-16-26)40-37(39-35)31-23-22-29(28-20-11-17-24-12-7-8-18-27(24)28)34-33(31)30-19-9-10-21-32(30)41-34/h1-23,33-34H. The molecule has 2 atom stereocenters. The van der Waals surface area contributed by atoms with Crippen molar-refractivity contribution in [3.63, 3.8) is 0 Å². The number of hydrogen-bond donors (Lipinski definition) is 0. The Morgan fingerprint density at radius 2 is 1.07 bits per heavy atom. The number of ether oxygens (including phenoxy) is 1. The molecule has 1 aromatic heterocycles. The van der Waals surface area contributed by atoms with E-state index in [0.29, 0.717) is 17.5 Å². The molecule has 2 unspecified atom stereocenters. The molecule has 4 nitrogen and oxygen atoms in total. The normalized spacial score (nSPS) is 17.3. The molecule has 41 heavy (non-hydrogen) atoms. The van der Waals surface area contributed by atoms with Gasteiger partial charge in [0.25, 0.3) is 0 Å². The minimum absolute atomic E-state index is 0.0557. The van der Waals surface area contributed by atoms with Crippen molar-refractivity contribution in [3.05, 3.63) is 156 Å². The highest BCUT2D eigenvalue weighted by Gasteiger charge is 2.42. The first-order chi connectivity index (χ1) is 20.3. The van der Waals surface area contributed by atoms with Gasteiger partial charge in [-0.25, -0.2) is 15.0 Å². The molecule has 0 radical (unpaired) electrons. The Morgan fingerprint density at radius 3 is 1.83 bits per heavy atom. The van der Waals surface area contributed by atoms with E-state index in [1.165, 1.54) is 16.3 Å². The number of allylic oxidation sites excluding steroid dienone is 2. The molecule has 2 heterocycles. The van der Waals surface area contributed by atoms with Gasteiger partial charge < -0.3 is 4.74 Å². The maximum absolute atomic E-state index is 6.73. The maximum Gasteiger partial charge on any atom is 0.164 e. The fourth-order valence-electron chi connectivity index (χ4n) is 6.04. The molecular weight excluding hydrogens is 502 g/mol. The third-order valence-electron chi connectivity index (χ3n) is 7.95. The Hall–Kier alpha value is -5.35. The first kappa shape index (κ1) is 23.5. The van der Waals surface area contributed by atoms with E-state index in [0.717, 1.165) is 33.6 Å². The average molecular weight is 528 g/mol. The smallest absolute Gasteiger partial charge is 0.164 e. The minimum atomic E-state index is -0.199. The molecule has 6 aromatic rings. The highest BCUT2D eigenvalue weighted by Crippen LogP contribution is 2.52. The number of para-hydroxylation sites is 1. The summed E-state index contributed by atoms with van der Waals surface area (Å²) in [7, 11) is 0. The quantitative estimate of drug-likeness (QED) is 0.231. The Morgan fingerprint density at radius 1 is 0.488 bits per heavy atom. The Labute approximate surface area is 238 Å². The van der Waals surface area contributed by atoms with Crippen LogP contribution in [0.1, 0.15) is 22.9 Å². The van der Waals surface area contributed by atoms with Gasteiger partial charge in [-0.2, -0.15) is 0 Å². The van der Waals surface area contributed by atoms with Crippen molar-refractivity contribution in [1.82, 2.24) is 15.0 Å². The Kier molecular flexibility index (Phi) is 5.56. The van der Waals surface area contributed by atoms with Crippen LogP contribution < -0.4 is 4.74 Å². The monoisotopic (exact) mass is 527 g/mol. The lowest BCUT2D eigenvalue weighted by Gasteiger charge is -2.28. The van der Waals surface area contributed by atoms with Crippen LogP contribution in [-0.2, 0) is 0 Å². The van der Waals surface area contributed by atoms with E-state index in [2.05, 4.69) is 72.8 Å². The third kappa shape index (κ3) is 4.04. The lowest BCUT2D eigenvalue weighted by atomic mass is 9.78. The number of hydrogen-bond acceptors (Lipinski definition) is 4. The van der Waals surface area contributed by atoms with Gasteiger partial charge in [-0.3, -0.25) is 0 Å². The van der Waals surface area contributed by atoms with Crippen LogP contribution in [0.5, 0.6) is 5.75 Å². The summed E-state index contributed by atoms with van der Waals surface area (Å²) in [5.74, 6) is 2.83. The number of aromatic nitrogens is 3. The van der Waals surface area contributed by atoms with E-state index in [4.69, 9.17) is 19.7 Å². The average Bonchev–Trinajstić information content (AvgIpc) is 3.45. The van der Waals surface area contributed by atoms with Crippen LogP contribution in [0.4, 0.5) is 0 Å². The zero-order valence-electron chi connectivity index (χ0n) is 22.2. The minimum Gasteiger partial charge on any atom is -0.484 e. The molecular formula is C37H25N3O. The fraction of sp³-hybridized carbons (Fsp3) is 0.0541. The molecule has 5 aromatic carbocycles. The van der Waals surface area contributed by atoms with Crippen LogP contribution in [0.15, 0.2) is 140 Å². The SMILES string of the molecule is C1=C(c2cccc3ccccc23)C2Oc3ccccc3C2C(c2nc(-c3ccccc3)nc(-c3ccccc3)n2)=C1. The summed E-state index contributed by atoms with van der Waals surface area (Å²) in [5.41, 5.74) is 6.44. The van der Waals surface area contributed by atoms with Crippen molar-refractivity contribution < 1.29 is 4.74 Å². The number of rotatable bonds is 4. The molecule has 0 bridgehead atoms. The summed E-state index contributed by atoms with van der Waals surface area (Å²) in [5, 5.41) is 2.43. The van der Waals surface area contributed by atoms with Gasteiger partial charge in [-0.15, -0.1) is 0 Å². The molecule has 2 aliphatic rings. The molecule has 8 rings (SSSR count). The molecule has 194 valence electrons. The second-order valence-electron chi connectivity index (χ2n) is 10.4. The van der Waals surface area contributed by atoms with Crippen molar-refractivity contribution in [1.29, 1.82) is 0 Å². The second-order valence-corrected chi connectivity index (χ2v) is 10.4. The molecule has 1 aliphatic carbocycles. The molecule has 0 N–H and O–H groups in total. The Balaban J connectivity index is 1.35. The summed E-state index contributed by atoms with van der Waals surface area (Å²) in [6.07, 6.45) is 4.18. The number of nitrogens with zero attached hydrogens (tertiary/aromatic N) is 3. The van der Waals surface area contributed by atoms with Crippen LogP contribution >= 0.6 is 0 Å². The van der Waals surface area contributed by atoms with Crippen LogP contribution in [0, 0.1) is 0 Å². The van der Waals surface area contributed by atoms with E-state index in [-0.39, 0.29) is 12.0 Å². The molecule has 0 spiro atoms. The third-order valence-corrected chi connectivity index (χ3v) is 7.95. The predicted octanol–water partition coefficient (Wildman–Crippen LogP) is 8.38. The van der Waals surface area contributed by atoms with Crippen molar-refractivity contribution in [2.45, 2.75) is 12.0 Å². The van der Waals surface area contributed by atoms with Crippen LogP contribution in [0.25, 0.3) is 44.7 Å². The molecule has 0 saturated heterocycles. The summed E-state index contributed by atoms with van der Waals surface area (Å²) in [4.78, 5) is 15.0. The van der Waals surface area contributed by atoms with Crippen LogP contribution in [-0.4, -0.2) is 21.1 Å². The first-order valence-electron chi connectivity index (χ1n) is 13.9. The topological polar surface area (TPSA) is 47.9 Å². The van der Waals surface area contributed by atoms with Gasteiger partial charge in [-0.05, 0) is 22.4 Å². The van der Waals surface area contributed by atoms with Crippen molar-refractivity contribution in [2.24, 2.45) is 0 Å². The molecule has 0 amide bonds. The zero-order chi connectivity index (χ0) is 27.2. The van der Waals surface area contributed by atoms with Crippen LogP contribution in [0.2, 0.25) is 0 Å². The second kappa shape index (κ2) is 9.68. The summed E-state index contributed by atoms with van der Waals surface area (Å²) in [6.45, 7) is 0. The van der Waals surface area contributed by atoms with Crippen LogP contribution in [0.3, 0.4) is 0 Å². The van der Waals surface area contributed by atoms with Crippen molar-refractivity contribution in [3.8, 4) is 28.5 Å². The van der Waals surface area contributed by atoms with Gasteiger partial charge in [-0.1, -0.05) is 133 Å². The lowest BCUT2D eigenvalue weighted by molar-refractivity contribution is 0.281. The van der Waals surface area contributed by atoms with Gasteiger partial charge in [0, 0.05) is 27.8 Å². The van der Waals surface area contributed by atoms with Gasteiger partial charge in [0.1, 0.15) is 11.9 Å². The van der Waals surface area contributed by atoms with E-state index in [9.17, 15) is 0 Å². The van der Waals surface area contributed by atoms with Gasteiger partial charge in [0.15, 0.2) is 17.5 Å². The summed E-state index contributed by atoms with van der Waals surface area (Å²) >= 11 is 0. The zero-order valence-corrected chi connectivity index (χ0v) is 22.2. The van der Waals surface area contributed by atoms with E-state index < -0.39 is 0 Å². The highest BCUT2D eigenvalue weighted by molar-refractivity contribution is 5.97. The Bertz CT molecular complexity index is 1920. The van der Waals surface area contributed by atoms with E-state index in [1.54, 1.807) is 0 Å². The van der Waals surface area contributed by atoms with Gasteiger partial charge >= 0.3 is 0 Å². The van der Waals surface area contributed by atoms with Gasteiger partial charge in [0.2, 0.25) is 0 Å². The molecule has 4 heteroatoms. The highest BCUT2D eigenvalue weighted by atomic mass is 16.5. The largest absolute Gasteiger partial charge is 0.484 e. The lowest BCUT2D eigenvalue weighted by Crippen LogP contribution is -2.25. The summed E-state index contributed by atoms with van der Waals surface area (Å²) < 4.78 is 6.73. The number of benzene rings is 5. The predicted molar refractivity (Wildman–Crippen MR) is 164 cm³/mol. The summed E-state index contributed by atoms with van der Waals surface area (Å²) in [6, 6.07) is 43.6.